The predicted octanol–water partition coefficient (Wildman–Crippen LogP) is 5.12. The molecule has 0 radical (unpaired) electrons. The molecule has 2 rings (SSSR count). The second kappa shape index (κ2) is 10.5. The number of rotatable bonds is 10. The number of hydrogen-bond acceptors (Lipinski definition) is 4. The fourth-order valence-electron chi connectivity index (χ4n) is 3.63. The van der Waals surface area contributed by atoms with Crippen molar-refractivity contribution in [3.8, 4) is 11.1 Å². The molecule has 0 unspecified atom stereocenters. The molecule has 2 aromatic carbocycles. The van der Waals surface area contributed by atoms with E-state index in [1.165, 1.54) is 11.8 Å². The third-order valence-corrected chi connectivity index (χ3v) is 14.8. The molecule has 0 aliphatic heterocycles. The van der Waals surface area contributed by atoms with Crippen LogP contribution in [0.2, 0.25) is 12.1 Å². The minimum Gasteiger partial charge on any atom is -0.415 e. The lowest BCUT2D eigenvalue weighted by atomic mass is 9.97. The molecule has 160 valence electrons. The Morgan fingerprint density at radius 3 is 2.38 bits per heavy atom. The van der Waals surface area contributed by atoms with Gasteiger partial charge in [0.05, 0.1) is 4.90 Å². The summed E-state index contributed by atoms with van der Waals surface area (Å²) in [7, 11) is -4.96. The third-order valence-electron chi connectivity index (χ3n) is 5.67. The van der Waals surface area contributed by atoms with E-state index in [1.54, 1.807) is 12.1 Å². The van der Waals surface area contributed by atoms with Crippen LogP contribution in [0.25, 0.3) is 11.1 Å². The third kappa shape index (κ3) is 6.13. The molecule has 0 aromatic heterocycles. The van der Waals surface area contributed by atoms with Gasteiger partial charge in [0.2, 0.25) is 8.32 Å². The highest BCUT2D eigenvalue weighted by Crippen LogP contribution is 2.29. The molecule has 2 aromatic rings. The molecule has 0 fully saturated rings. The van der Waals surface area contributed by atoms with Crippen molar-refractivity contribution < 1.29 is 12.8 Å². The first kappa shape index (κ1) is 24.5. The summed E-state index contributed by atoms with van der Waals surface area (Å²) in [5, 5.41) is 0. The number of benzene rings is 2. The van der Waals surface area contributed by atoms with Gasteiger partial charge >= 0.3 is 0 Å². The monoisotopic (exact) mass is 545 g/mol. The zero-order chi connectivity index (χ0) is 21.7. The van der Waals surface area contributed by atoms with Gasteiger partial charge in [0.1, 0.15) is 0 Å². The van der Waals surface area contributed by atoms with Gasteiger partial charge in [-0.2, -0.15) is 0 Å². The van der Waals surface area contributed by atoms with E-state index < -0.39 is 18.2 Å². The Morgan fingerprint density at radius 2 is 1.83 bits per heavy atom. The molecule has 0 aliphatic rings. The summed E-state index contributed by atoms with van der Waals surface area (Å²) in [6.07, 6.45) is 2.07. The number of alkyl halides is 1. The first-order valence-electron chi connectivity index (χ1n) is 10.1. The van der Waals surface area contributed by atoms with Gasteiger partial charge < -0.3 is 10.2 Å². The Kier molecular flexibility index (Phi) is 8.90. The van der Waals surface area contributed by atoms with Crippen LogP contribution >= 0.6 is 22.6 Å². The first-order valence-corrected chi connectivity index (χ1v) is 15.6. The first-order chi connectivity index (χ1) is 13.7. The lowest BCUT2D eigenvalue weighted by Gasteiger charge is -2.32. The summed E-state index contributed by atoms with van der Waals surface area (Å²) in [5.41, 5.74) is 9.90. The molecule has 7 heteroatoms. The average molecular weight is 546 g/mol. The normalized spacial score (nSPS) is 13.4. The molecule has 0 saturated carbocycles. The molecule has 0 bridgehead atoms. The zero-order valence-corrected chi connectivity index (χ0v) is 21.7. The Morgan fingerprint density at radius 1 is 1.14 bits per heavy atom. The number of halogens is 1. The van der Waals surface area contributed by atoms with Crippen LogP contribution in [0.1, 0.15) is 31.9 Å². The van der Waals surface area contributed by atoms with E-state index in [9.17, 15) is 8.42 Å². The van der Waals surface area contributed by atoms with Crippen molar-refractivity contribution in [2.75, 3.05) is 12.9 Å². The Hall–Kier alpha value is -0.743. The zero-order valence-electron chi connectivity index (χ0n) is 17.7. The maximum atomic E-state index is 12.0. The maximum absolute atomic E-state index is 12.0. The minimum atomic E-state index is -3.27. The molecular weight excluding hydrogens is 513 g/mol. The number of sulfone groups is 1. The highest BCUT2D eigenvalue weighted by atomic mass is 127. The van der Waals surface area contributed by atoms with Gasteiger partial charge in [-0.3, -0.25) is 0 Å². The van der Waals surface area contributed by atoms with Crippen LogP contribution in [0.3, 0.4) is 0 Å². The summed E-state index contributed by atoms with van der Waals surface area (Å²) < 4.78 is 31.0. The largest absolute Gasteiger partial charge is 0.415 e. The molecule has 0 amide bonds. The maximum Gasteiger partial charge on any atom is 0.204 e. The van der Waals surface area contributed by atoms with E-state index in [0.29, 0.717) is 15.0 Å². The van der Waals surface area contributed by atoms with E-state index in [4.69, 9.17) is 10.2 Å². The van der Waals surface area contributed by atoms with E-state index >= 15 is 0 Å². The Bertz CT molecular complexity index is 927. The van der Waals surface area contributed by atoms with E-state index in [-0.39, 0.29) is 0 Å². The van der Waals surface area contributed by atoms with Gasteiger partial charge in [-0.15, -0.1) is 0 Å². The molecule has 4 nitrogen and oxygen atoms in total. The summed E-state index contributed by atoms with van der Waals surface area (Å²) in [6, 6.07) is 15.7. The van der Waals surface area contributed by atoms with Gasteiger partial charge in [-0.25, -0.2) is 8.42 Å². The topological polar surface area (TPSA) is 69.4 Å². The summed E-state index contributed by atoms with van der Waals surface area (Å²) in [5.74, 6) is 0. The van der Waals surface area contributed by atoms with Gasteiger partial charge in [-0.1, -0.05) is 73.7 Å². The van der Waals surface area contributed by atoms with Gasteiger partial charge in [0.15, 0.2) is 9.84 Å². The smallest absolute Gasteiger partial charge is 0.204 e. The molecule has 2 N–H and O–H groups in total. The lowest BCUT2D eigenvalue weighted by molar-refractivity contribution is 0.303. The van der Waals surface area contributed by atoms with E-state index in [1.807, 2.05) is 18.2 Å². The second-order valence-corrected chi connectivity index (χ2v) is 17.2. The van der Waals surface area contributed by atoms with Gasteiger partial charge in [0, 0.05) is 23.0 Å². The summed E-state index contributed by atoms with van der Waals surface area (Å²) in [4.78, 5) is 0.316. The van der Waals surface area contributed by atoms with Gasteiger partial charge in [0.25, 0.3) is 0 Å². The highest BCUT2D eigenvalue weighted by molar-refractivity contribution is 14.1. The van der Waals surface area contributed by atoms with Crippen molar-refractivity contribution >= 4 is 40.7 Å². The fourth-order valence-corrected chi connectivity index (χ4v) is 10.2. The lowest BCUT2D eigenvalue weighted by Crippen LogP contribution is -2.45. The minimum absolute atomic E-state index is 0.316. The molecule has 29 heavy (non-hydrogen) atoms. The Labute approximate surface area is 190 Å². The van der Waals surface area contributed by atoms with E-state index in [0.717, 1.165) is 41.8 Å². The van der Waals surface area contributed by atoms with Crippen LogP contribution in [-0.4, -0.2) is 33.1 Å². The fraction of sp³-hybridized carbons (Fsp3) is 0.455. The molecule has 1 atom stereocenters. The standard InChI is InChI=1S/C22H32INO3SSi/c1-5-29(6-2,17(3)23)27-13-12-18-8-7-9-19(14-18)22-15-21(28(4,25)26)11-10-20(22)16-24/h7-11,14-15,17H,5-6,12-13,16,24H2,1-4H3/t17-/m0/s1. The van der Waals surface area contributed by atoms with Crippen molar-refractivity contribution in [1.29, 1.82) is 0 Å². The van der Waals surface area contributed by atoms with Crippen LogP contribution in [0.5, 0.6) is 0 Å². The van der Waals surface area contributed by atoms with Crippen molar-refractivity contribution in [2.45, 2.75) is 54.3 Å². The van der Waals surface area contributed by atoms with Crippen LogP contribution in [-0.2, 0) is 27.2 Å². The Balaban J connectivity index is 2.26. The second-order valence-electron chi connectivity index (χ2n) is 7.48. The summed E-state index contributed by atoms with van der Waals surface area (Å²) >= 11 is 2.52. The molecule has 0 saturated heterocycles. The molecular formula is C22H32INO3SSi. The molecule has 0 spiro atoms. The van der Waals surface area contributed by atoms with Crippen LogP contribution in [0.4, 0.5) is 0 Å². The van der Waals surface area contributed by atoms with Crippen LogP contribution in [0, 0.1) is 0 Å². The van der Waals surface area contributed by atoms with Crippen LogP contribution < -0.4 is 5.73 Å². The van der Waals surface area contributed by atoms with Crippen LogP contribution in [0.15, 0.2) is 47.4 Å². The van der Waals surface area contributed by atoms with Crippen molar-refractivity contribution in [3.05, 3.63) is 53.6 Å². The molecule has 0 heterocycles. The van der Waals surface area contributed by atoms with Gasteiger partial charge in [-0.05, 0) is 52.9 Å². The van der Waals surface area contributed by atoms with Crippen molar-refractivity contribution in [3.63, 3.8) is 0 Å². The number of hydrogen-bond donors (Lipinski definition) is 1. The highest BCUT2D eigenvalue weighted by Gasteiger charge is 2.35. The summed E-state index contributed by atoms with van der Waals surface area (Å²) in [6.45, 7) is 7.84. The quantitative estimate of drug-likeness (QED) is 0.256. The predicted molar refractivity (Wildman–Crippen MR) is 133 cm³/mol. The molecule has 0 aliphatic carbocycles. The van der Waals surface area contributed by atoms with E-state index in [2.05, 4.69) is 55.5 Å². The number of nitrogens with two attached hydrogens (primary N) is 1. The van der Waals surface area contributed by atoms with Crippen molar-refractivity contribution in [1.82, 2.24) is 0 Å². The SMILES string of the molecule is CC[Si](CC)(OCCc1cccc(-c2cc(S(C)(=O)=O)ccc2CN)c1)[C@@H](C)I. The van der Waals surface area contributed by atoms with Crippen molar-refractivity contribution in [2.24, 2.45) is 5.73 Å². The average Bonchev–Trinajstić information content (AvgIpc) is 2.70.